The number of nitrogens with zero attached hydrogens (tertiary/aromatic N) is 1. The van der Waals surface area contributed by atoms with E-state index >= 15 is 0 Å². The van der Waals surface area contributed by atoms with Crippen LogP contribution in [0.3, 0.4) is 0 Å². The molecule has 0 saturated heterocycles. The lowest BCUT2D eigenvalue weighted by Crippen LogP contribution is -2.44. The Hall–Kier alpha value is -0.610. The Morgan fingerprint density at radius 3 is 2.05 bits per heavy atom. The minimum atomic E-state index is 0.378. The van der Waals surface area contributed by atoms with Gasteiger partial charge in [0.2, 0.25) is 0 Å². The van der Waals surface area contributed by atoms with Crippen LogP contribution in [0.1, 0.15) is 53.0 Å². The molecule has 0 aliphatic carbocycles. The van der Waals surface area contributed by atoms with Crippen molar-refractivity contribution in [2.24, 2.45) is 0 Å². The molecule has 1 aromatic carbocycles. The van der Waals surface area contributed by atoms with Crippen LogP contribution >= 0.6 is 28.1 Å². The van der Waals surface area contributed by atoms with Gasteiger partial charge in [-0.25, -0.2) is 0 Å². The highest BCUT2D eigenvalue weighted by molar-refractivity contribution is 9.10. The molecule has 0 atom stereocenters. The van der Waals surface area contributed by atoms with E-state index < -0.39 is 0 Å². The van der Waals surface area contributed by atoms with E-state index in [2.05, 4.69) is 85.9 Å². The van der Waals surface area contributed by atoms with Crippen molar-refractivity contribution >= 4 is 38.9 Å². The summed E-state index contributed by atoms with van der Waals surface area (Å²) >= 11 is 9.17. The smallest absolute Gasteiger partial charge is 0.173 e. The minimum Gasteiger partial charge on any atom is -0.344 e. The zero-order chi connectivity index (χ0) is 15.4. The number of thiocarbonyl (C=S) groups is 1. The summed E-state index contributed by atoms with van der Waals surface area (Å²) in [6, 6.07) is 7.15. The topological polar surface area (TPSA) is 15.3 Å². The Bertz CT molecular complexity index is 462. The number of rotatable bonds is 4. The molecule has 0 saturated carbocycles. The summed E-state index contributed by atoms with van der Waals surface area (Å²) < 4.78 is 1.05. The molecule has 0 amide bonds. The number of nitrogens with one attached hydrogen (secondary N) is 1. The number of halogens is 1. The monoisotopic (exact) mass is 356 g/mol. The van der Waals surface area contributed by atoms with Crippen LogP contribution in [0.4, 0.5) is 5.69 Å². The van der Waals surface area contributed by atoms with Gasteiger partial charge in [0, 0.05) is 16.6 Å². The van der Waals surface area contributed by atoms with Crippen LogP contribution in [-0.2, 0) is 0 Å². The average molecular weight is 357 g/mol. The third-order valence-electron chi connectivity index (χ3n) is 3.25. The summed E-state index contributed by atoms with van der Waals surface area (Å²) in [4.78, 5) is 2.21. The SMILES string of the molecule is CC(C)c1ccc(NC(=S)N(C(C)C)C(C)C)c(Br)c1. The highest BCUT2D eigenvalue weighted by Crippen LogP contribution is 2.27. The first-order valence-corrected chi connectivity index (χ1v) is 8.33. The van der Waals surface area contributed by atoms with Gasteiger partial charge in [0.25, 0.3) is 0 Å². The quantitative estimate of drug-likeness (QED) is 0.728. The standard InChI is InChI=1S/C16H25BrN2S/c1-10(2)13-7-8-15(14(17)9-13)18-16(20)19(11(3)4)12(5)6/h7-12H,1-6H3,(H,18,20). The number of anilines is 1. The van der Waals surface area contributed by atoms with Crippen LogP contribution in [-0.4, -0.2) is 22.1 Å². The predicted molar refractivity (Wildman–Crippen MR) is 96.6 cm³/mol. The van der Waals surface area contributed by atoms with Crippen LogP contribution in [0.2, 0.25) is 0 Å². The summed E-state index contributed by atoms with van der Waals surface area (Å²) in [6.45, 7) is 13.0. The third-order valence-corrected chi connectivity index (χ3v) is 4.22. The van der Waals surface area contributed by atoms with Crippen molar-refractivity contribution in [1.82, 2.24) is 4.90 Å². The van der Waals surface area contributed by atoms with Crippen LogP contribution in [0.5, 0.6) is 0 Å². The predicted octanol–water partition coefficient (Wildman–Crippen LogP) is 5.39. The summed E-state index contributed by atoms with van der Waals surface area (Å²) in [5, 5.41) is 4.12. The van der Waals surface area contributed by atoms with Crippen molar-refractivity contribution in [3.8, 4) is 0 Å². The Labute approximate surface area is 137 Å². The Kier molecular flexibility index (Phi) is 6.46. The molecule has 0 aromatic heterocycles. The van der Waals surface area contributed by atoms with Gasteiger partial charge in [-0.15, -0.1) is 0 Å². The molecule has 2 nitrogen and oxygen atoms in total. The Morgan fingerprint density at radius 2 is 1.65 bits per heavy atom. The van der Waals surface area contributed by atoms with Gasteiger partial charge in [-0.05, 0) is 79.5 Å². The van der Waals surface area contributed by atoms with Crippen LogP contribution < -0.4 is 5.32 Å². The van der Waals surface area contributed by atoms with Gasteiger partial charge >= 0.3 is 0 Å². The lowest BCUT2D eigenvalue weighted by molar-refractivity contribution is 0.296. The number of hydrogen-bond donors (Lipinski definition) is 1. The molecule has 1 aromatic rings. The molecule has 1 rings (SSSR count). The van der Waals surface area contributed by atoms with Gasteiger partial charge in [0.15, 0.2) is 5.11 Å². The maximum atomic E-state index is 5.55. The first-order chi connectivity index (χ1) is 9.23. The van der Waals surface area contributed by atoms with E-state index in [9.17, 15) is 0 Å². The van der Waals surface area contributed by atoms with Gasteiger partial charge in [0.05, 0.1) is 5.69 Å². The molecule has 0 spiro atoms. The normalized spacial score (nSPS) is 11.3. The maximum absolute atomic E-state index is 5.55. The lowest BCUT2D eigenvalue weighted by atomic mass is 10.0. The van der Waals surface area contributed by atoms with Gasteiger partial charge in [0.1, 0.15) is 0 Å². The fourth-order valence-corrected chi connectivity index (χ4v) is 3.26. The van der Waals surface area contributed by atoms with E-state index in [1.807, 2.05) is 0 Å². The molecule has 0 unspecified atom stereocenters. The van der Waals surface area contributed by atoms with Crippen molar-refractivity contribution in [2.75, 3.05) is 5.32 Å². The van der Waals surface area contributed by atoms with Crippen molar-refractivity contribution in [3.63, 3.8) is 0 Å². The van der Waals surface area contributed by atoms with Crippen LogP contribution in [0.25, 0.3) is 0 Å². The largest absolute Gasteiger partial charge is 0.344 e. The van der Waals surface area contributed by atoms with Crippen LogP contribution in [0, 0.1) is 0 Å². The first-order valence-electron chi connectivity index (χ1n) is 7.12. The zero-order valence-corrected chi connectivity index (χ0v) is 15.6. The van der Waals surface area contributed by atoms with Gasteiger partial charge in [-0.2, -0.15) is 0 Å². The van der Waals surface area contributed by atoms with Crippen molar-refractivity contribution in [2.45, 2.75) is 59.5 Å². The second-order valence-corrected chi connectivity index (χ2v) is 7.16. The van der Waals surface area contributed by atoms with Gasteiger partial charge in [-0.1, -0.05) is 19.9 Å². The molecule has 4 heteroatoms. The fourth-order valence-electron chi connectivity index (χ4n) is 2.24. The molecule has 112 valence electrons. The number of hydrogen-bond acceptors (Lipinski definition) is 1. The lowest BCUT2D eigenvalue weighted by Gasteiger charge is -2.33. The molecule has 0 heterocycles. The van der Waals surface area contributed by atoms with E-state index in [0.717, 1.165) is 15.3 Å². The molecule has 20 heavy (non-hydrogen) atoms. The number of benzene rings is 1. The Morgan fingerprint density at radius 1 is 1.10 bits per heavy atom. The third kappa shape index (κ3) is 4.45. The van der Waals surface area contributed by atoms with Crippen molar-refractivity contribution in [3.05, 3.63) is 28.2 Å². The van der Waals surface area contributed by atoms with E-state index in [0.29, 0.717) is 18.0 Å². The molecule has 0 aliphatic heterocycles. The molecule has 0 aliphatic rings. The fraction of sp³-hybridized carbons (Fsp3) is 0.562. The Balaban J connectivity index is 2.90. The van der Waals surface area contributed by atoms with E-state index in [1.165, 1.54) is 5.56 Å². The molecule has 0 fully saturated rings. The maximum Gasteiger partial charge on any atom is 0.173 e. The summed E-state index contributed by atoms with van der Waals surface area (Å²) in [7, 11) is 0. The average Bonchev–Trinajstić information content (AvgIpc) is 2.30. The first kappa shape index (κ1) is 17.4. The van der Waals surface area contributed by atoms with E-state index in [1.54, 1.807) is 0 Å². The summed E-state index contributed by atoms with van der Waals surface area (Å²) in [5.41, 5.74) is 2.34. The van der Waals surface area contributed by atoms with Gasteiger partial charge < -0.3 is 10.2 Å². The van der Waals surface area contributed by atoms with E-state index in [4.69, 9.17) is 12.2 Å². The molecular weight excluding hydrogens is 332 g/mol. The minimum absolute atomic E-state index is 0.378. The summed E-state index contributed by atoms with van der Waals surface area (Å²) in [5.74, 6) is 0.523. The van der Waals surface area contributed by atoms with Crippen molar-refractivity contribution in [1.29, 1.82) is 0 Å². The molecule has 1 N–H and O–H groups in total. The van der Waals surface area contributed by atoms with E-state index in [-0.39, 0.29) is 0 Å². The summed E-state index contributed by atoms with van der Waals surface area (Å²) in [6.07, 6.45) is 0. The highest BCUT2D eigenvalue weighted by Gasteiger charge is 2.17. The zero-order valence-electron chi connectivity index (χ0n) is 13.2. The molecular formula is C16H25BrN2S. The van der Waals surface area contributed by atoms with Crippen molar-refractivity contribution < 1.29 is 0 Å². The van der Waals surface area contributed by atoms with Crippen LogP contribution in [0.15, 0.2) is 22.7 Å². The molecule has 0 radical (unpaired) electrons. The second kappa shape index (κ2) is 7.41. The van der Waals surface area contributed by atoms with Gasteiger partial charge in [-0.3, -0.25) is 0 Å². The second-order valence-electron chi connectivity index (χ2n) is 5.92. The highest BCUT2D eigenvalue weighted by atomic mass is 79.9. The molecule has 0 bridgehead atoms.